The van der Waals surface area contributed by atoms with Crippen molar-refractivity contribution in [2.75, 3.05) is 13.1 Å². The van der Waals surface area contributed by atoms with Gasteiger partial charge in [0.05, 0.1) is 0 Å². The monoisotopic (exact) mass is 325 g/mol. The topological polar surface area (TPSA) is 37.6 Å². The Morgan fingerprint density at radius 3 is 2.78 bits per heavy atom. The van der Waals surface area contributed by atoms with E-state index in [1.165, 1.54) is 16.9 Å². The van der Waals surface area contributed by atoms with E-state index in [0.717, 1.165) is 43.0 Å². The third-order valence-electron chi connectivity index (χ3n) is 4.63. The molecule has 5 heteroatoms. The first-order valence-electron chi connectivity index (χ1n) is 8.05. The summed E-state index contributed by atoms with van der Waals surface area (Å²) in [6.45, 7) is 1.70. The average Bonchev–Trinajstić information content (AvgIpc) is 3.19. The fourth-order valence-corrected chi connectivity index (χ4v) is 4.15. The highest BCUT2D eigenvalue weighted by molar-refractivity contribution is 7.15. The minimum Gasteiger partial charge on any atom is -0.337 e. The highest BCUT2D eigenvalue weighted by Crippen LogP contribution is 2.24. The lowest BCUT2D eigenvalue weighted by atomic mass is 9.90. The number of nitrogens with zero attached hydrogens (tertiary/aromatic N) is 3. The van der Waals surface area contributed by atoms with Crippen molar-refractivity contribution in [1.29, 1.82) is 0 Å². The van der Waals surface area contributed by atoms with Crippen LogP contribution in [0.2, 0.25) is 0 Å². The van der Waals surface area contributed by atoms with E-state index >= 15 is 0 Å². The fraction of sp³-hybridized carbons (Fsp3) is 0.333. The van der Waals surface area contributed by atoms with Crippen molar-refractivity contribution in [3.63, 3.8) is 0 Å². The van der Waals surface area contributed by atoms with Crippen LogP contribution < -0.4 is 0 Å². The second-order valence-corrected chi connectivity index (χ2v) is 6.96. The summed E-state index contributed by atoms with van der Waals surface area (Å²) in [6, 6.07) is 10.6. The summed E-state index contributed by atoms with van der Waals surface area (Å²) in [5, 5.41) is 1.92. The molecule has 1 aliphatic rings. The molecule has 0 radical (unpaired) electrons. The highest BCUT2D eigenvalue weighted by Gasteiger charge is 2.25. The van der Waals surface area contributed by atoms with Crippen LogP contribution in [0.3, 0.4) is 0 Å². The summed E-state index contributed by atoms with van der Waals surface area (Å²) in [4.78, 5) is 19.8. The van der Waals surface area contributed by atoms with Gasteiger partial charge in [-0.3, -0.25) is 9.20 Å². The smallest absolute Gasteiger partial charge is 0.271 e. The van der Waals surface area contributed by atoms with Crippen molar-refractivity contribution in [2.24, 2.45) is 5.92 Å². The number of rotatable bonds is 3. The Labute approximate surface area is 139 Å². The molecule has 1 saturated heterocycles. The Kier molecular flexibility index (Phi) is 3.87. The number of likely N-dealkylation sites (tertiary alicyclic amines) is 1. The molecule has 23 heavy (non-hydrogen) atoms. The van der Waals surface area contributed by atoms with Gasteiger partial charge in [0.1, 0.15) is 5.69 Å². The lowest BCUT2D eigenvalue weighted by molar-refractivity contribution is 0.0684. The van der Waals surface area contributed by atoms with Crippen molar-refractivity contribution in [3.8, 4) is 0 Å². The van der Waals surface area contributed by atoms with E-state index in [-0.39, 0.29) is 5.91 Å². The van der Waals surface area contributed by atoms with Gasteiger partial charge in [0, 0.05) is 30.9 Å². The summed E-state index contributed by atoms with van der Waals surface area (Å²) >= 11 is 1.52. The third kappa shape index (κ3) is 2.88. The van der Waals surface area contributed by atoms with Gasteiger partial charge < -0.3 is 4.90 Å². The number of fused-ring (bicyclic) bond motifs is 1. The zero-order chi connectivity index (χ0) is 15.6. The van der Waals surface area contributed by atoms with Crippen LogP contribution in [0.4, 0.5) is 0 Å². The molecule has 0 unspecified atom stereocenters. The van der Waals surface area contributed by atoms with Gasteiger partial charge in [-0.05, 0) is 30.7 Å². The van der Waals surface area contributed by atoms with Gasteiger partial charge in [-0.1, -0.05) is 30.3 Å². The molecule has 3 heterocycles. The number of hydrogen-bond acceptors (Lipinski definition) is 3. The molecule has 0 atom stereocenters. The molecule has 118 valence electrons. The van der Waals surface area contributed by atoms with Crippen LogP contribution in [0.1, 0.15) is 28.9 Å². The number of thiazole rings is 1. The quantitative estimate of drug-likeness (QED) is 0.739. The van der Waals surface area contributed by atoms with Crippen LogP contribution in [0.5, 0.6) is 0 Å². The minimum atomic E-state index is 0.132. The molecule has 0 saturated carbocycles. The Bertz CT molecular complexity index is 800. The number of benzene rings is 1. The fourth-order valence-electron chi connectivity index (χ4n) is 3.33. The minimum absolute atomic E-state index is 0.132. The molecule has 1 aliphatic heterocycles. The van der Waals surface area contributed by atoms with Gasteiger partial charge in [0.15, 0.2) is 4.96 Å². The summed E-state index contributed by atoms with van der Waals surface area (Å²) < 4.78 is 1.89. The number of piperidine rings is 1. The van der Waals surface area contributed by atoms with Crippen LogP contribution >= 0.6 is 11.3 Å². The normalized spacial score (nSPS) is 16.1. The van der Waals surface area contributed by atoms with Gasteiger partial charge in [-0.15, -0.1) is 11.3 Å². The number of carbonyl (C=O) groups is 1. The Morgan fingerprint density at radius 1 is 1.22 bits per heavy atom. The zero-order valence-corrected chi connectivity index (χ0v) is 13.7. The number of carbonyl (C=O) groups excluding carboxylic acids is 1. The molecule has 1 fully saturated rings. The van der Waals surface area contributed by atoms with Crippen LogP contribution in [-0.4, -0.2) is 33.3 Å². The first-order chi connectivity index (χ1) is 11.3. The maximum absolute atomic E-state index is 12.7. The van der Waals surface area contributed by atoms with E-state index in [1.807, 2.05) is 20.9 Å². The van der Waals surface area contributed by atoms with Crippen molar-refractivity contribution >= 4 is 22.2 Å². The van der Waals surface area contributed by atoms with E-state index < -0.39 is 0 Å². The van der Waals surface area contributed by atoms with Crippen LogP contribution in [0, 0.1) is 5.92 Å². The number of aromatic nitrogens is 2. The number of amides is 1. The standard InChI is InChI=1S/C18H19N3OS/c22-17(16-13-23-18-19-8-11-21(16)18)20-9-6-15(7-10-20)12-14-4-2-1-3-5-14/h1-5,8,11,13,15H,6-7,9-10,12H2. The molecule has 0 spiro atoms. The lowest BCUT2D eigenvalue weighted by Crippen LogP contribution is -2.39. The summed E-state index contributed by atoms with van der Waals surface area (Å²) in [6.07, 6.45) is 6.89. The zero-order valence-electron chi connectivity index (χ0n) is 12.9. The molecule has 4 rings (SSSR count). The SMILES string of the molecule is O=C(c1csc2nccn12)N1CCC(Cc2ccccc2)CC1. The average molecular weight is 325 g/mol. The van der Waals surface area contributed by atoms with Crippen molar-refractivity contribution < 1.29 is 4.79 Å². The first-order valence-corrected chi connectivity index (χ1v) is 8.93. The Morgan fingerprint density at radius 2 is 2.00 bits per heavy atom. The van der Waals surface area contributed by atoms with Gasteiger partial charge in [-0.2, -0.15) is 0 Å². The molecule has 0 bridgehead atoms. The second-order valence-electron chi connectivity index (χ2n) is 6.13. The lowest BCUT2D eigenvalue weighted by Gasteiger charge is -2.32. The van der Waals surface area contributed by atoms with Crippen LogP contribution in [0.25, 0.3) is 4.96 Å². The van der Waals surface area contributed by atoms with Crippen molar-refractivity contribution in [2.45, 2.75) is 19.3 Å². The first kappa shape index (κ1) is 14.5. The Balaban J connectivity index is 1.39. The van der Waals surface area contributed by atoms with Crippen LogP contribution in [0.15, 0.2) is 48.1 Å². The van der Waals surface area contributed by atoms with E-state index in [4.69, 9.17) is 0 Å². The molecular weight excluding hydrogens is 306 g/mol. The van der Waals surface area contributed by atoms with E-state index in [2.05, 4.69) is 35.3 Å². The largest absolute Gasteiger partial charge is 0.337 e. The third-order valence-corrected chi connectivity index (χ3v) is 5.48. The van der Waals surface area contributed by atoms with Crippen LogP contribution in [-0.2, 0) is 6.42 Å². The summed E-state index contributed by atoms with van der Waals surface area (Å²) in [5.41, 5.74) is 2.14. The molecule has 2 aromatic heterocycles. The van der Waals surface area contributed by atoms with Crippen molar-refractivity contribution in [3.05, 3.63) is 59.4 Å². The second kappa shape index (κ2) is 6.16. The van der Waals surface area contributed by atoms with E-state index in [0.29, 0.717) is 5.92 Å². The van der Waals surface area contributed by atoms with Gasteiger partial charge in [-0.25, -0.2) is 4.98 Å². The predicted molar refractivity (Wildman–Crippen MR) is 91.8 cm³/mol. The molecule has 4 nitrogen and oxygen atoms in total. The number of hydrogen-bond donors (Lipinski definition) is 0. The molecule has 0 aliphatic carbocycles. The molecular formula is C18H19N3OS. The van der Waals surface area contributed by atoms with Gasteiger partial charge in [0.25, 0.3) is 5.91 Å². The molecule has 1 aromatic carbocycles. The predicted octanol–water partition coefficient (Wildman–Crippen LogP) is 3.49. The van der Waals surface area contributed by atoms with Gasteiger partial charge in [0.2, 0.25) is 0 Å². The highest BCUT2D eigenvalue weighted by atomic mass is 32.1. The summed E-state index contributed by atoms with van der Waals surface area (Å²) in [7, 11) is 0. The summed E-state index contributed by atoms with van der Waals surface area (Å²) in [5.74, 6) is 0.810. The van der Waals surface area contributed by atoms with Crippen molar-refractivity contribution in [1.82, 2.24) is 14.3 Å². The van der Waals surface area contributed by atoms with E-state index in [9.17, 15) is 4.79 Å². The molecule has 3 aromatic rings. The van der Waals surface area contributed by atoms with E-state index in [1.54, 1.807) is 6.20 Å². The maximum atomic E-state index is 12.7. The number of imidazole rings is 1. The maximum Gasteiger partial charge on any atom is 0.271 e. The molecule has 0 N–H and O–H groups in total. The Hall–Kier alpha value is -2.14. The van der Waals surface area contributed by atoms with Gasteiger partial charge >= 0.3 is 0 Å². The molecule has 1 amide bonds.